The molecule has 12 aromatic rings. The monoisotopic (exact) mass is 1050 g/mol. The zero-order valence-corrected chi connectivity index (χ0v) is 44.1. The average molecular weight is 1060 g/mol. The van der Waals surface area contributed by atoms with E-state index in [9.17, 15) is 0 Å². The van der Waals surface area contributed by atoms with Crippen LogP contribution in [0.5, 0.6) is 34.5 Å². The highest BCUT2D eigenvalue weighted by Crippen LogP contribution is 2.55. The summed E-state index contributed by atoms with van der Waals surface area (Å²) in [6.45, 7) is 0. The zero-order valence-electron chi connectivity index (χ0n) is 41.5. The number of benzene rings is 12. The maximum absolute atomic E-state index is 7.23. The Morgan fingerprint density at radius 2 is 0.455 bits per heavy atom. The van der Waals surface area contributed by atoms with Crippen molar-refractivity contribution >= 4 is 50.5 Å². The van der Waals surface area contributed by atoms with Gasteiger partial charge in [-0.2, -0.15) is 0 Å². The number of hydrogen-bond donors (Lipinski definition) is 0. The summed E-state index contributed by atoms with van der Waals surface area (Å²) in [7, 11) is -4.38. The van der Waals surface area contributed by atoms with Crippen LogP contribution in [0.25, 0.3) is 66.1 Å². The van der Waals surface area contributed by atoms with Gasteiger partial charge in [-0.25, -0.2) is 0 Å². The molecular weight excluding hydrogens is 1010 g/mol. The Morgan fingerprint density at radius 3 is 0.766 bits per heavy atom. The van der Waals surface area contributed by atoms with Crippen molar-refractivity contribution in [2.75, 3.05) is 0 Å². The van der Waals surface area contributed by atoms with Gasteiger partial charge in [0.15, 0.2) is 0 Å². The molecule has 0 fully saturated rings. The van der Waals surface area contributed by atoms with Gasteiger partial charge in [-0.1, -0.05) is 267 Å². The Labute approximate surface area is 455 Å². The van der Waals surface area contributed by atoms with Crippen LogP contribution < -0.4 is 27.1 Å². The highest BCUT2D eigenvalue weighted by Gasteiger charge is 2.29. The van der Waals surface area contributed by atoms with E-state index in [1.165, 1.54) is 0 Å². The van der Waals surface area contributed by atoms with Crippen molar-refractivity contribution in [3.8, 4) is 79.0 Å². The molecule has 0 aliphatic carbocycles. The molecule has 12 rings (SSSR count). The van der Waals surface area contributed by atoms with Gasteiger partial charge in [0, 0.05) is 22.3 Å². The summed E-state index contributed by atoms with van der Waals surface area (Å²) in [5.74, 6) is 3.62. The van der Waals surface area contributed by atoms with Crippen molar-refractivity contribution in [1.82, 2.24) is 0 Å². The van der Waals surface area contributed by atoms with Crippen LogP contribution in [0, 0.1) is 0 Å². The molecule has 0 unspecified atom stereocenters. The second-order valence-corrected chi connectivity index (χ2v) is 20.8. The van der Waals surface area contributed by atoms with E-state index >= 15 is 0 Å². The topological polar surface area (TPSA) is 55.4 Å². The molecule has 0 spiro atoms. The predicted octanol–water partition coefficient (Wildman–Crippen LogP) is 20.3. The summed E-state index contributed by atoms with van der Waals surface area (Å²) in [5.41, 5.74) is 7.67. The van der Waals surface area contributed by atoms with Gasteiger partial charge in [-0.3, -0.25) is 0 Å². The van der Waals surface area contributed by atoms with E-state index < -0.39 is 17.2 Å². The van der Waals surface area contributed by atoms with Crippen LogP contribution in [-0.4, -0.2) is 0 Å². The maximum atomic E-state index is 7.23. The lowest BCUT2D eigenvalue weighted by Crippen LogP contribution is -2.05. The zero-order chi connectivity index (χ0) is 51.6. The van der Waals surface area contributed by atoms with Crippen LogP contribution in [0.15, 0.2) is 301 Å². The van der Waals surface area contributed by atoms with Crippen LogP contribution in [0.1, 0.15) is 0 Å². The van der Waals surface area contributed by atoms with E-state index in [1.54, 1.807) is 11.8 Å². The molecule has 0 aliphatic rings. The lowest BCUT2D eigenvalue weighted by molar-refractivity contribution is 0.386. The fraction of sp³-hybridized carbons (Fsp3) is 0. The fourth-order valence-electron chi connectivity index (χ4n) is 9.11. The SMILES string of the molecule is c1ccc(-c2ccccc2OP(Oc2ccccc2-c2ccccc2)Oc2ccc3ccccc3c2Sc2c(OP(Oc3ccccc3-c3ccccc3)Oc3ccccc3-c3ccccc3)ccc3ccccc23)cc1. The third-order valence-electron chi connectivity index (χ3n) is 12.8. The Bertz CT molecular complexity index is 3510. The van der Waals surface area contributed by atoms with Gasteiger partial charge in [0.25, 0.3) is 0 Å². The molecule has 0 amide bonds. The van der Waals surface area contributed by atoms with E-state index in [0.29, 0.717) is 34.5 Å². The Hall–Kier alpha value is -8.83. The standard InChI is InChI=1S/C68H48O6P2S/c1-5-25-49(26-6-1)55-35-17-21-41-61(55)69-75(70-62-42-22-18-36-56(62)50-27-7-2-8-28-50)73-65-47-45-53-33-13-15-39-59(53)67(65)77-68-60-40-16-14-34-54(60)46-48-66(68)74-76(71-63-43-23-19-37-57(63)51-29-9-3-10-30-51)72-64-44-24-20-38-58(64)52-31-11-4-12-32-52/h1-48H. The summed E-state index contributed by atoms with van der Waals surface area (Å²) in [6, 6.07) is 97.6. The first-order valence-corrected chi connectivity index (χ1v) is 28.2. The van der Waals surface area contributed by atoms with Crippen molar-refractivity contribution in [2.45, 2.75) is 9.79 Å². The van der Waals surface area contributed by atoms with Crippen LogP contribution in [0.3, 0.4) is 0 Å². The minimum absolute atomic E-state index is 0.566. The second-order valence-electron chi connectivity index (χ2n) is 17.8. The van der Waals surface area contributed by atoms with Crippen molar-refractivity contribution < 1.29 is 27.1 Å². The normalized spacial score (nSPS) is 11.1. The molecule has 0 aliphatic heterocycles. The molecule has 0 N–H and O–H groups in total. The molecule has 12 aromatic carbocycles. The third kappa shape index (κ3) is 11.3. The molecular formula is C68H48O6P2S. The quantitative estimate of drug-likeness (QED) is 0.0794. The Kier molecular flexibility index (Phi) is 14.9. The molecule has 0 saturated carbocycles. The molecule has 0 atom stereocenters. The Morgan fingerprint density at radius 1 is 0.208 bits per heavy atom. The van der Waals surface area contributed by atoms with Crippen LogP contribution in [0.4, 0.5) is 0 Å². The number of hydrogen-bond acceptors (Lipinski definition) is 7. The van der Waals surface area contributed by atoms with Crippen molar-refractivity contribution in [3.05, 3.63) is 291 Å². The minimum Gasteiger partial charge on any atom is -0.408 e. The first-order valence-electron chi connectivity index (χ1n) is 25.2. The van der Waals surface area contributed by atoms with Gasteiger partial charge in [-0.15, -0.1) is 0 Å². The third-order valence-corrected chi connectivity index (χ3v) is 16.1. The number of fused-ring (bicyclic) bond motifs is 2. The maximum Gasteiger partial charge on any atom is 0.530 e. The minimum atomic E-state index is -2.19. The van der Waals surface area contributed by atoms with Crippen molar-refractivity contribution in [1.29, 1.82) is 0 Å². The summed E-state index contributed by atoms with van der Waals surface area (Å²) >= 11 is 1.56. The lowest BCUT2D eigenvalue weighted by atomic mass is 10.1. The summed E-state index contributed by atoms with van der Waals surface area (Å²) < 4.78 is 42.5. The summed E-state index contributed by atoms with van der Waals surface area (Å²) in [6.07, 6.45) is 0. The van der Waals surface area contributed by atoms with Gasteiger partial charge in [0.1, 0.15) is 34.5 Å². The van der Waals surface area contributed by atoms with Crippen LogP contribution in [-0.2, 0) is 0 Å². The molecule has 0 aromatic heterocycles. The fourth-order valence-corrected chi connectivity index (χ4v) is 12.6. The van der Waals surface area contributed by atoms with Crippen LogP contribution >= 0.6 is 29.0 Å². The van der Waals surface area contributed by atoms with Crippen molar-refractivity contribution in [2.24, 2.45) is 0 Å². The van der Waals surface area contributed by atoms with Gasteiger partial charge >= 0.3 is 17.2 Å². The molecule has 77 heavy (non-hydrogen) atoms. The van der Waals surface area contributed by atoms with Crippen LogP contribution in [0.2, 0.25) is 0 Å². The molecule has 0 bridgehead atoms. The highest BCUT2D eigenvalue weighted by atomic mass is 32.2. The van der Waals surface area contributed by atoms with E-state index in [0.717, 1.165) is 75.8 Å². The summed E-state index contributed by atoms with van der Waals surface area (Å²) in [4.78, 5) is 1.68. The molecule has 0 radical (unpaired) electrons. The molecule has 9 heteroatoms. The highest BCUT2D eigenvalue weighted by molar-refractivity contribution is 8.00. The van der Waals surface area contributed by atoms with Gasteiger partial charge in [0.2, 0.25) is 0 Å². The van der Waals surface area contributed by atoms with E-state index in [-0.39, 0.29) is 0 Å². The van der Waals surface area contributed by atoms with E-state index in [1.807, 2.05) is 182 Å². The predicted molar refractivity (Wildman–Crippen MR) is 317 cm³/mol. The second kappa shape index (κ2) is 23.4. The largest absolute Gasteiger partial charge is 0.530 e. The smallest absolute Gasteiger partial charge is 0.408 e. The number of rotatable bonds is 18. The number of para-hydroxylation sites is 4. The lowest BCUT2D eigenvalue weighted by Gasteiger charge is -2.24. The first kappa shape index (κ1) is 49.1. The Balaban J connectivity index is 0.972. The van der Waals surface area contributed by atoms with Crippen molar-refractivity contribution in [3.63, 3.8) is 0 Å². The first-order chi connectivity index (χ1) is 38.2. The van der Waals surface area contributed by atoms with E-state index in [2.05, 4.69) is 109 Å². The van der Waals surface area contributed by atoms with E-state index in [4.69, 9.17) is 27.1 Å². The van der Waals surface area contributed by atoms with Gasteiger partial charge < -0.3 is 27.1 Å². The summed E-state index contributed by atoms with van der Waals surface area (Å²) in [5, 5.41) is 4.01. The van der Waals surface area contributed by atoms with Gasteiger partial charge in [0.05, 0.1) is 9.79 Å². The molecule has 0 saturated heterocycles. The molecule has 0 heterocycles. The average Bonchev–Trinajstić information content (AvgIpc) is 3.51. The van der Waals surface area contributed by atoms with Gasteiger partial charge in [-0.05, 0) is 80.2 Å². The molecule has 6 nitrogen and oxygen atoms in total. The molecule has 372 valence electrons.